The van der Waals surface area contributed by atoms with Gasteiger partial charge >= 0.3 is 0 Å². The van der Waals surface area contributed by atoms with Crippen molar-refractivity contribution < 1.29 is 23.8 Å². The largest absolute Gasteiger partial charge is 0.493 e. The fourth-order valence-corrected chi connectivity index (χ4v) is 5.13. The van der Waals surface area contributed by atoms with Crippen LogP contribution < -0.4 is 14.4 Å². The van der Waals surface area contributed by atoms with Gasteiger partial charge in [-0.15, -0.1) is 0 Å². The van der Waals surface area contributed by atoms with Crippen LogP contribution in [0.2, 0.25) is 30.7 Å². The molecule has 0 aliphatic carbocycles. The molecule has 2 amide bonds. The highest BCUT2D eigenvalue weighted by molar-refractivity contribution is 6.76. The molecule has 0 unspecified atom stereocenters. The van der Waals surface area contributed by atoms with Crippen LogP contribution in [-0.4, -0.2) is 58.4 Å². The molecule has 35 heavy (non-hydrogen) atoms. The molecule has 2 aliphatic heterocycles. The van der Waals surface area contributed by atoms with E-state index >= 15 is 0 Å². The van der Waals surface area contributed by atoms with Gasteiger partial charge in [-0.05, 0) is 35.4 Å². The number of amides is 2. The Bertz CT molecular complexity index is 1160. The third-order valence-electron chi connectivity index (χ3n) is 6.28. The van der Waals surface area contributed by atoms with E-state index in [1.165, 1.54) is 19.1 Å². The molecule has 4 rings (SSSR count). The van der Waals surface area contributed by atoms with E-state index in [4.69, 9.17) is 25.8 Å². The smallest absolute Gasteiger partial charge is 0.260 e. The van der Waals surface area contributed by atoms with Gasteiger partial charge in [0.05, 0.1) is 25.5 Å². The summed E-state index contributed by atoms with van der Waals surface area (Å²) in [6.45, 7) is 7.44. The third kappa shape index (κ3) is 5.24. The molecule has 2 aromatic rings. The van der Waals surface area contributed by atoms with Crippen molar-refractivity contribution in [2.45, 2.75) is 38.1 Å². The number of halogens is 1. The average Bonchev–Trinajstić information content (AvgIpc) is 3.25. The topological polar surface area (TPSA) is 68.3 Å². The predicted molar refractivity (Wildman–Crippen MR) is 140 cm³/mol. The van der Waals surface area contributed by atoms with Crippen LogP contribution in [0, 0.1) is 0 Å². The van der Waals surface area contributed by atoms with Gasteiger partial charge in [0, 0.05) is 38.4 Å². The van der Waals surface area contributed by atoms with Crippen molar-refractivity contribution in [2.75, 3.05) is 32.5 Å². The second-order valence-electron chi connectivity index (χ2n) is 9.93. The molecule has 2 aliphatic rings. The summed E-state index contributed by atoms with van der Waals surface area (Å²) in [5.41, 5.74) is 2.65. The molecule has 0 bridgehead atoms. The van der Waals surface area contributed by atoms with E-state index in [-0.39, 0.29) is 18.5 Å². The van der Waals surface area contributed by atoms with Crippen molar-refractivity contribution in [2.24, 2.45) is 0 Å². The summed E-state index contributed by atoms with van der Waals surface area (Å²) in [6.07, 6.45) is 2.17. The van der Waals surface area contributed by atoms with Crippen LogP contribution in [0.15, 0.2) is 42.6 Å². The number of ether oxygens (including phenoxy) is 3. The summed E-state index contributed by atoms with van der Waals surface area (Å²) in [5.74, 6) is 0.398. The van der Waals surface area contributed by atoms with Crippen molar-refractivity contribution in [3.8, 4) is 11.5 Å². The molecule has 2 aromatic carbocycles. The van der Waals surface area contributed by atoms with E-state index in [0.29, 0.717) is 40.8 Å². The predicted octanol–water partition coefficient (Wildman–Crippen LogP) is 5.27. The van der Waals surface area contributed by atoms with Crippen LogP contribution in [0.25, 0.3) is 5.57 Å². The lowest BCUT2D eigenvalue weighted by molar-refractivity contribution is -0.122. The van der Waals surface area contributed by atoms with E-state index in [1.807, 2.05) is 12.1 Å². The van der Waals surface area contributed by atoms with Crippen LogP contribution in [-0.2, 0) is 9.53 Å². The molecule has 0 saturated heterocycles. The fourth-order valence-electron chi connectivity index (χ4n) is 4.25. The molecule has 9 heteroatoms. The molecular formula is C26H31ClN2O5Si. The second-order valence-corrected chi connectivity index (χ2v) is 16.0. The Balaban J connectivity index is 1.73. The molecular weight excluding hydrogens is 484 g/mol. The molecule has 1 atom stereocenters. The number of carbonyl (C=O) groups excluding carboxylic acids is 2. The van der Waals surface area contributed by atoms with Gasteiger partial charge in [0.25, 0.3) is 11.8 Å². The first-order valence-corrected chi connectivity index (χ1v) is 15.7. The van der Waals surface area contributed by atoms with Gasteiger partial charge < -0.3 is 19.1 Å². The monoisotopic (exact) mass is 514 g/mol. The molecule has 0 fully saturated rings. The van der Waals surface area contributed by atoms with Gasteiger partial charge in [-0.2, -0.15) is 0 Å². The summed E-state index contributed by atoms with van der Waals surface area (Å²) < 4.78 is 16.9. The van der Waals surface area contributed by atoms with Crippen molar-refractivity contribution in [1.82, 2.24) is 4.90 Å². The minimum absolute atomic E-state index is 0.0553. The Labute approximate surface area is 212 Å². The quantitative estimate of drug-likeness (QED) is 0.354. The van der Waals surface area contributed by atoms with Gasteiger partial charge in [0.2, 0.25) is 0 Å². The number of hydrogen-bond acceptors (Lipinski definition) is 5. The lowest BCUT2D eigenvalue weighted by Crippen LogP contribution is -2.45. The van der Waals surface area contributed by atoms with Gasteiger partial charge in [-0.3, -0.25) is 14.5 Å². The van der Waals surface area contributed by atoms with Crippen LogP contribution >= 0.6 is 11.6 Å². The molecule has 0 saturated carbocycles. The van der Waals surface area contributed by atoms with Crippen molar-refractivity contribution in [1.29, 1.82) is 0 Å². The van der Waals surface area contributed by atoms with E-state index in [1.54, 1.807) is 35.4 Å². The maximum Gasteiger partial charge on any atom is 0.260 e. The summed E-state index contributed by atoms with van der Waals surface area (Å²) in [7, 11) is 1.75. The lowest BCUT2D eigenvalue weighted by atomic mass is 10.0. The Morgan fingerprint density at radius 2 is 1.69 bits per heavy atom. The van der Waals surface area contributed by atoms with Gasteiger partial charge in [-0.25, -0.2) is 0 Å². The molecule has 0 spiro atoms. The standard InChI is InChI=1S/C26H31ClN2O5Si/c1-32-23-13-20-21(14-24(23)33-2)29(16-34-10-11-35(3,4)5)26(31)22-12-18(15-28(22)25(20)30)17-6-8-19(27)9-7-17/h6-9,13-15,22H,10-12,16H2,1-5H3/t22-/m0/s1. The Kier molecular flexibility index (Phi) is 7.26. The molecule has 7 nitrogen and oxygen atoms in total. The zero-order chi connectivity index (χ0) is 25.3. The number of rotatable bonds is 8. The highest BCUT2D eigenvalue weighted by Crippen LogP contribution is 2.41. The highest BCUT2D eigenvalue weighted by atomic mass is 35.5. The Morgan fingerprint density at radius 3 is 2.31 bits per heavy atom. The second kappa shape index (κ2) is 10.0. The number of hydrogen-bond donors (Lipinski definition) is 0. The Hall–Kier alpha value is -2.81. The number of fused-ring (bicyclic) bond motifs is 2. The van der Waals surface area contributed by atoms with Gasteiger partial charge in [0.15, 0.2) is 11.5 Å². The highest BCUT2D eigenvalue weighted by Gasteiger charge is 2.43. The number of carbonyl (C=O) groups is 2. The number of benzene rings is 2. The molecule has 0 aromatic heterocycles. The number of methoxy groups -OCH3 is 2. The van der Waals surface area contributed by atoms with Crippen LogP contribution in [0.4, 0.5) is 5.69 Å². The first-order chi connectivity index (χ1) is 16.6. The first kappa shape index (κ1) is 25.3. The lowest BCUT2D eigenvalue weighted by Gasteiger charge is -2.26. The number of anilines is 1. The third-order valence-corrected chi connectivity index (χ3v) is 8.24. The number of nitrogens with zero attached hydrogens (tertiary/aromatic N) is 2. The molecule has 186 valence electrons. The summed E-state index contributed by atoms with van der Waals surface area (Å²) in [6, 6.07) is 11.0. The maximum absolute atomic E-state index is 13.8. The van der Waals surface area contributed by atoms with Gasteiger partial charge in [-0.1, -0.05) is 43.4 Å². The molecule has 2 heterocycles. The van der Waals surface area contributed by atoms with E-state index in [2.05, 4.69) is 19.6 Å². The van der Waals surface area contributed by atoms with Gasteiger partial charge in [0.1, 0.15) is 12.8 Å². The Morgan fingerprint density at radius 1 is 1.03 bits per heavy atom. The van der Waals surface area contributed by atoms with Crippen LogP contribution in [0.3, 0.4) is 0 Å². The summed E-state index contributed by atoms with van der Waals surface area (Å²) in [5, 5.41) is 0.630. The molecule has 0 N–H and O–H groups in total. The minimum atomic E-state index is -1.30. The molecule has 0 radical (unpaired) electrons. The zero-order valence-corrected chi connectivity index (χ0v) is 22.5. The summed E-state index contributed by atoms with van der Waals surface area (Å²) >= 11 is 6.05. The normalized spacial score (nSPS) is 17.7. The van der Waals surface area contributed by atoms with Crippen LogP contribution in [0.1, 0.15) is 22.3 Å². The van der Waals surface area contributed by atoms with E-state index < -0.39 is 14.1 Å². The zero-order valence-electron chi connectivity index (χ0n) is 20.8. The van der Waals surface area contributed by atoms with Crippen molar-refractivity contribution in [3.05, 3.63) is 58.7 Å². The van der Waals surface area contributed by atoms with E-state index in [9.17, 15) is 9.59 Å². The van der Waals surface area contributed by atoms with Crippen LogP contribution in [0.5, 0.6) is 11.5 Å². The first-order valence-electron chi connectivity index (χ1n) is 11.6. The maximum atomic E-state index is 13.8. The van der Waals surface area contributed by atoms with Crippen molar-refractivity contribution >= 4 is 42.7 Å². The average molecular weight is 515 g/mol. The summed E-state index contributed by atoms with van der Waals surface area (Å²) in [4.78, 5) is 30.6. The fraction of sp³-hybridized carbons (Fsp3) is 0.385. The van der Waals surface area contributed by atoms with E-state index in [0.717, 1.165) is 17.2 Å². The van der Waals surface area contributed by atoms with Crippen molar-refractivity contribution in [3.63, 3.8) is 0 Å². The SMILES string of the molecule is COc1cc2c(cc1OC)N(COCC[Si](C)(C)C)C(=O)[C@@H]1CC(c3ccc(Cl)cc3)=CN1C2=O. The minimum Gasteiger partial charge on any atom is -0.493 e.